The van der Waals surface area contributed by atoms with E-state index in [1.165, 1.54) is 6.33 Å². The maximum atomic E-state index is 11.7. The minimum Gasteiger partial charge on any atom is -0.369 e. The van der Waals surface area contributed by atoms with Crippen LogP contribution in [0.2, 0.25) is 0 Å². The van der Waals surface area contributed by atoms with Crippen molar-refractivity contribution in [2.75, 3.05) is 23.3 Å². The predicted molar refractivity (Wildman–Crippen MR) is 73.9 cm³/mol. The molecular weight excluding hydrogens is 314 g/mol. The van der Waals surface area contributed by atoms with Gasteiger partial charge in [0.25, 0.3) is 0 Å². The van der Waals surface area contributed by atoms with Crippen LogP contribution >= 0.6 is 15.9 Å². The lowest BCUT2D eigenvalue weighted by Gasteiger charge is -2.33. The summed E-state index contributed by atoms with van der Waals surface area (Å²) in [6.45, 7) is 4.48. The first kappa shape index (κ1) is 13.7. The molecule has 1 atom stereocenters. The number of anilines is 2. The third-order valence-corrected chi connectivity index (χ3v) is 3.54. The predicted octanol–water partition coefficient (Wildman–Crippen LogP) is 0.522. The lowest BCUT2D eigenvalue weighted by molar-refractivity contribution is -0.132. The summed E-state index contributed by atoms with van der Waals surface area (Å²) in [6.07, 6.45) is 1.40. The van der Waals surface area contributed by atoms with Gasteiger partial charge in [0, 0.05) is 6.54 Å². The first-order chi connectivity index (χ1) is 9.04. The first-order valence-corrected chi connectivity index (χ1v) is 6.68. The van der Waals surface area contributed by atoms with Gasteiger partial charge < -0.3 is 10.2 Å². The van der Waals surface area contributed by atoms with Gasteiger partial charge in [-0.25, -0.2) is 9.97 Å². The highest BCUT2D eigenvalue weighted by Gasteiger charge is 2.32. The maximum absolute atomic E-state index is 11.7. The molecule has 0 aromatic carbocycles. The van der Waals surface area contributed by atoms with Gasteiger partial charge in [0.15, 0.2) is 0 Å². The Morgan fingerprint density at radius 2 is 2.26 bits per heavy atom. The number of nitrogens with zero attached hydrogens (tertiary/aromatic N) is 3. The number of aromatic nitrogens is 2. The van der Waals surface area contributed by atoms with Crippen LogP contribution in [-0.2, 0) is 9.59 Å². The second-order valence-electron chi connectivity index (χ2n) is 4.11. The molecule has 1 saturated heterocycles. The molecule has 0 bridgehead atoms. The molecule has 19 heavy (non-hydrogen) atoms. The number of hydrogen-bond donors (Lipinski definition) is 2. The molecule has 8 heteroatoms. The largest absolute Gasteiger partial charge is 0.369 e. The van der Waals surface area contributed by atoms with Crippen molar-refractivity contribution in [3.05, 3.63) is 10.8 Å². The molecule has 0 aliphatic carbocycles. The highest BCUT2D eigenvalue weighted by Crippen LogP contribution is 2.31. The Bertz CT molecular complexity index is 522. The Labute approximate surface area is 118 Å². The van der Waals surface area contributed by atoms with E-state index in [2.05, 4.69) is 36.5 Å². The van der Waals surface area contributed by atoms with E-state index < -0.39 is 6.04 Å². The van der Waals surface area contributed by atoms with E-state index >= 15 is 0 Å². The molecule has 2 N–H and O–H groups in total. The fraction of sp³-hybridized carbons (Fsp3) is 0.455. The van der Waals surface area contributed by atoms with E-state index in [0.717, 1.165) is 0 Å². The third-order valence-electron chi connectivity index (χ3n) is 2.81. The fourth-order valence-electron chi connectivity index (χ4n) is 1.82. The summed E-state index contributed by atoms with van der Waals surface area (Å²) < 4.78 is 0.645. The van der Waals surface area contributed by atoms with E-state index in [4.69, 9.17) is 0 Å². The number of halogens is 1. The molecule has 1 aliphatic heterocycles. The molecule has 2 amide bonds. The summed E-state index contributed by atoms with van der Waals surface area (Å²) in [5.41, 5.74) is 0. The number of carbonyl (C=O) groups is 2. The molecule has 2 heterocycles. The van der Waals surface area contributed by atoms with Crippen LogP contribution in [0.5, 0.6) is 0 Å². The van der Waals surface area contributed by atoms with Crippen LogP contribution < -0.4 is 15.5 Å². The number of piperazine rings is 1. The highest BCUT2D eigenvalue weighted by atomic mass is 79.9. The average Bonchev–Trinajstić information content (AvgIpc) is 2.37. The fourth-order valence-corrected chi connectivity index (χ4v) is 2.40. The molecule has 1 fully saturated rings. The number of amides is 2. The monoisotopic (exact) mass is 327 g/mol. The van der Waals surface area contributed by atoms with Gasteiger partial charge in [0.1, 0.15) is 28.5 Å². The Hall–Kier alpha value is -1.70. The molecule has 1 aliphatic rings. The molecule has 2 rings (SSSR count). The van der Waals surface area contributed by atoms with Gasteiger partial charge in [-0.3, -0.25) is 14.9 Å². The van der Waals surface area contributed by atoms with Crippen molar-refractivity contribution < 1.29 is 9.59 Å². The maximum Gasteiger partial charge on any atom is 0.249 e. The topological polar surface area (TPSA) is 87.2 Å². The van der Waals surface area contributed by atoms with E-state index in [0.29, 0.717) is 22.7 Å². The van der Waals surface area contributed by atoms with Gasteiger partial charge in [-0.15, -0.1) is 0 Å². The second-order valence-corrected chi connectivity index (χ2v) is 4.90. The molecule has 0 spiro atoms. The number of carbonyl (C=O) groups excluding carboxylic acids is 2. The van der Waals surface area contributed by atoms with Crippen LogP contribution in [0.4, 0.5) is 11.6 Å². The highest BCUT2D eigenvalue weighted by molar-refractivity contribution is 9.10. The summed E-state index contributed by atoms with van der Waals surface area (Å²) in [5.74, 6) is 0.505. The third kappa shape index (κ3) is 2.67. The SMILES string of the molecule is CCNc1ncnc(N2CC(=O)NC(=O)C2C)c1Br. The first-order valence-electron chi connectivity index (χ1n) is 5.89. The molecule has 102 valence electrons. The zero-order valence-corrected chi connectivity index (χ0v) is 12.2. The average molecular weight is 328 g/mol. The van der Waals surface area contributed by atoms with Gasteiger partial charge in [-0.2, -0.15) is 0 Å². The normalized spacial score (nSPS) is 19.3. The minimum absolute atomic E-state index is 0.0914. The summed E-state index contributed by atoms with van der Waals surface area (Å²) in [6, 6.07) is -0.460. The summed E-state index contributed by atoms with van der Waals surface area (Å²) in [4.78, 5) is 33.1. The van der Waals surface area contributed by atoms with Gasteiger partial charge in [0.2, 0.25) is 11.8 Å². The van der Waals surface area contributed by atoms with Crippen molar-refractivity contribution in [2.45, 2.75) is 19.9 Å². The molecule has 7 nitrogen and oxygen atoms in total. The zero-order chi connectivity index (χ0) is 14.0. The van der Waals surface area contributed by atoms with E-state index in [9.17, 15) is 9.59 Å². The van der Waals surface area contributed by atoms with Gasteiger partial charge in [0.05, 0.1) is 6.54 Å². The van der Waals surface area contributed by atoms with Gasteiger partial charge in [-0.05, 0) is 29.8 Å². The number of imide groups is 1. The Balaban J connectivity index is 2.37. The quantitative estimate of drug-likeness (QED) is 0.787. The van der Waals surface area contributed by atoms with E-state index in [1.54, 1.807) is 11.8 Å². The second kappa shape index (κ2) is 5.52. The smallest absolute Gasteiger partial charge is 0.249 e. The number of hydrogen-bond acceptors (Lipinski definition) is 6. The van der Waals surface area contributed by atoms with Crippen molar-refractivity contribution in [3.8, 4) is 0 Å². The minimum atomic E-state index is -0.460. The lowest BCUT2D eigenvalue weighted by Crippen LogP contribution is -2.57. The Kier molecular flexibility index (Phi) is 3.98. The van der Waals surface area contributed by atoms with Crippen molar-refractivity contribution in [1.82, 2.24) is 15.3 Å². The number of rotatable bonds is 3. The van der Waals surface area contributed by atoms with Crippen LogP contribution in [0.25, 0.3) is 0 Å². The van der Waals surface area contributed by atoms with Gasteiger partial charge in [-0.1, -0.05) is 0 Å². The van der Waals surface area contributed by atoms with E-state index in [-0.39, 0.29) is 18.4 Å². The number of nitrogens with one attached hydrogen (secondary N) is 2. The zero-order valence-electron chi connectivity index (χ0n) is 10.6. The molecule has 1 aromatic rings. The molecule has 1 aromatic heterocycles. The molecule has 0 saturated carbocycles. The lowest BCUT2D eigenvalue weighted by atomic mass is 10.2. The van der Waals surface area contributed by atoms with Gasteiger partial charge >= 0.3 is 0 Å². The Morgan fingerprint density at radius 3 is 2.95 bits per heavy atom. The molecule has 1 unspecified atom stereocenters. The summed E-state index contributed by atoms with van der Waals surface area (Å²) in [5, 5.41) is 5.38. The molecule has 0 radical (unpaired) electrons. The Morgan fingerprint density at radius 1 is 1.53 bits per heavy atom. The van der Waals surface area contributed by atoms with Crippen LogP contribution in [0, 0.1) is 0 Å². The van der Waals surface area contributed by atoms with Crippen molar-refractivity contribution in [3.63, 3.8) is 0 Å². The standard InChI is InChI=1S/C11H14BrN5O2/c1-3-13-9-8(12)10(15-5-14-9)17-4-7(18)16-11(19)6(17)2/h5-6H,3-4H2,1-2H3,(H,13,14,15)(H,16,18,19). The summed E-state index contributed by atoms with van der Waals surface area (Å²) >= 11 is 3.41. The van der Waals surface area contributed by atoms with Crippen molar-refractivity contribution in [2.24, 2.45) is 0 Å². The van der Waals surface area contributed by atoms with Crippen LogP contribution in [-0.4, -0.2) is 40.9 Å². The van der Waals surface area contributed by atoms with Crippen molar-refractivity contribution >= 4 is 39.4 Å². The summed E-state index contributed by atoms with van der Waals surface area (Å²) in [7, 11) is 0. The van der Waals surface area contributed by atoms with Crippen LogP contribution in [0.3, 0.4) is 0 Å². The van der Waals surface area contributed by atoms with Crippen molar-refractivity contribution in [1.29, 1.82) is 0 Å². The molecular formula is C11H14BrN5O2. The van der Waals surface area contributed by atoms with Crippen LogP contribution in [0.15, 0.2) is 10.8 Å². The van der Waals surface area contributed by atoms with E-state index in [1.807, 2.05) is 6.92 Å². The van der Waals surface area contributed by atoms with Crippen LogP contribution in [0.1, 0.15) is 13.8 Å².